The van der Waals surface area contributed by atoms with Crippen molar-refractivity contribution in [2.45, 2.75) is 32.6 Å². The van der Waals surface area contributed by atoms with Crippen LogP contribution in [0.5, 0.6) is 0 Å². The van der Waals surface area contributed by atoms with Crippen LogP contribution in [0.2, 0.25) is 0 Å². The van der Waals surface area contributed by atoms with Crippen molar-refractivity contribution in [3.8, 4) is 0 Å². The van der Waals surface area contributed by atoms with E-state index in [4.69, 9.17) is 15.4 Å². The first kappa shape index (κ1) is 16.0. The van der Waals surface area contributed by atoms with Gasteiger partial charge in [-0.2, -0.15) is 0 Å². The van der Waals surface area contributed by atoms with Crippen LogP contribution in [0.3, 0.4) is 0 Å². The molecule has 9 nitrogen and oxygen atoms in total. The molecule has 0 fully saturated rings. The van der Waals surface area contributed by atoms with Crippen LogP contribution in [-0.4, -0.2) is 33.9 Å². The van der Waals surface area contributed by atoms with Crippen LogP contribution >= 0.6 is 0 Å². The molecule has 0 aliphatic carbocycles. The molecule has 0 saturated carbocycles. The zero-order chi connectivity index (χ0) is 15.1. The van der Waals surface area contributed by atoms with E-state index in [1.54, 1.807) is 13.8 Å². The van der Waals surface area contributed by atoms with Crippen molar-refractivity contribution in [2.75, 3.05) is 13.2 Å². The Morgan fingerprint density at radius 1 is 1.60 bits per heavy atom. The Balaban J connectivity index is 3.01. The van der Waals surface area contributed by atoms with E-state index in [9.17, 15) is 9.59 Å². The van der Waals surface area contributed by atoms with Crippen LogP contribution in [0.25, 0.3) is 10.4 Å². The number of aliphatic hydroxyl groups is 1. The second kappa shape index (κ2) is 7.49. The summed E-state index contributed by atoms with van der Waals surface area (Å²) >= 11 is 0. The van der Waals surface area contributed by atoms with Gasteiger partial charge in [-0.25, -0.2) is 4.79 Å². The lowest BCUT2D eigenvalue weighted by atomic mass is 10.3. The molecule has 9 heteroatoms. The topological polar surface area (TPSA) is 133 Å². The molecular weight excluding hydrogens is 266 g/mol. The minimum absolute atomic E-state index is 0.0411. The highest BCUT2D eigenvalue weighted by molar-refractivity contribution is 5.01. The van der Waals surface area contributed by atoms with E-state index in [1.165, 1.54) is 10.8 Å². The van der Waals surface area contributed by atoms with E-state index in [2.05, 4.69) is 15.0 Å². The van der Waals surface area contributed by atoms with Gasteiger partial charge in [0, 0.05) is 16.7 Å². The lowest BCUT2D eigenvalue weighted by Crippen LogP contribution is -2.36. The molecule has 0 unspecified atom stereocenters. The predicted octanol–water partition coefficient (Wildman–Crippen LogP) is 0.441. The van der Waals surface area contributed by atoms with E-state index in [-0.39, 0.29) is 13.2 Å². The summed E-state index contributed by atoms with van der Waals surface area (Å²) in [6.45, 7) is 2.98. The molecule has 0 aromatic carbocycles. The molecule has 0 radical (unpaired) electrons. The third-order valence-electron chi connectivity index (χ3n) is 2.71. The van der Waals surface area contributed by atoms with Crippen molar-refractivity contribution in [3.05, 3.63) is 43.0 Å². The van der Waals surface area contributed by atoms with Crippen molar-refractivity contribution in [3.63, 3.8) is 0 Å². The number of rotatable bonds is 7. The molecule has 1 aromatic heterocycles. The average molecular weight is 283 g/mol. The van der Waals surface area contributed by atoms with Gasteiger partial charge < -0.3 is 9.84 Å². The molecule has 2 atom stereocenters. The van der Waals surface area contributed by atoms with E-state index < -0.39 is 23.6 Å². The van der Waals surface area contributed by atoms with E-state index in [1.807, 2.05) is 0 Å². The number of hydrogen-bond donors (Lipinski definition) is 2. The summed E-state index contributed by atoms with van der Waals surface area (Å²) in [4.78, 5) is 27.9. The number of ether oxygens (including phenoxy) is 1. The zero-order valence-corrected chi connectivity index (χ0v) is 11.3. The van der Waals surface area contributed by atoms with E-state index in [0.717, 1.165) is 0 Å². The highest BCUT2D eigenvalue weighted by Gasteiger charge is 2.17. The molecule has 0 amide bonds. The van der Waals surface area contributed by atoms with Crippen LogP contribution in [0, 0.1) is 6.92 Å². The lowest BCUT2D eigenvalue weighted by Gasteiger charge is -2.23. The number of nitrogens with one attached hydrogen (secondary N) is 1. The van der Waals surface area contributed by atoms with Crippen LogP contribution < -0.4 is 11.2 Å². The number of hydrogen-bond acceptors (Lipinski definition) is 5. The van der Waals surface area contributed by atoms with Gasteiger partial charge in [0.05, 0.1) is 19.3 Å². The first-order chi connectivity index (χ1) is 9.53. The molecule has 0 bridgehead atoms. The molecule has 0 aliphatic rings. The predicted molar refractivity (Wildman–Crippen MR) is 71.4 cm³/mol. The van der Waals surface area contributed by atoms with E-state index in [0.29, 0.717) is 12.0 Å². The molecule has 0 spiro atoms. The quantitative estimate of drug-likeness (QED) is 0.426. The maximum atomic E-state index is 11.8. The molecule has 20 heavy (non-hydrogen) atoms. The smallest absolute Gasteiger partial charge is 0.330 e. The Bertz CT molecular complexity index is 602. The maximum Gasteiger partial charge on any atom is 0.330 e. The van der Waals surface area contributed by atoms with Crippen molar-refractivity contribution in [1.82, 2.24) is 9.55 Å². The van der Waals surface area contributed by atoms with Gasteiger partial charge in [0.15, 0.2) is 0 Å². The number of azide groups is 1. The van der Waals surface area contributed by atoms with Gasteiger partial charge in [0.1, 0.15) is 6.23 Å². The summed E-state index contributed by atoms with van der Waals surface area (Å²) < 4.78 is 6.78. The Morgan fingerprint density at radius 2 is 2.30 bits per heavy atom. The number of aliphatic hydroxyl groups excluding tert-OH is 1. The van der Waals surface area contributed by atoms with Crippen LogP contribution in [0.15, 0.2) is 20.9 Å². The van der Waals surface area contributed by atoms with Crippen molar-refractivity contribution >= 4 is 0 Å². The Morgan fingerprint density at radius 3 is 2.85 bits per heavy atom. The summed E-state index contributed by atoms with van der Waals surface area (Å²) in [5.41, 5.74) is 7.59. The summed E-state index contributed by atoms with van der Waals surface area (Å²) in [5.74, 6) is 0. The molecular formula is C11H17N5O4. The van der Waals surface area contributed by atoms with Crippen molar-refractivity contribution < 1.29 is 9.84 Å². The fraction of sp³-hybridized carbons (Fsp3) is 0.636. The first-order valence-electron chi connectivity index (χ1n) is 6.12. The molecule has 1 heterocycles. The number of aryl methyl sites for hydroxylation is 1. The van der Waals surface area contributed by atoms with Gasteiger partial charge in [0.2, 0.25) is 0 Å². The van der Waals surface area contributed by atoms with Gasteiger partial charge in [-0.05, 0) is 18.9 Å². The van der Waals surface area contributed by atoms with Crippen LogP contribution in [0.1, 0.15) is 25.1 Å². The largest absolute Gasteiger partial charge is 0.394 e. The lowest BCUT2D eigenvalue weighted by molar-refractivity contribution is -0.0736. The number of H-pyrrole nitrogens is 1. The fourth-order valence-corrected chi connectivity index (χ4v) is 1.65. The van der Waals surface area contributed by atoms with Gasteiger partial charge in [-0.15, -0.1) is 0 Å². The molecule has 1 rings (SSSR count). The normalized spacial score (nSPS) is 13.6. The highest BCUT2D eigenvalue weighted by atomic mass is 16.5. The standard InChI is InChI=1S/C11H17N5O4/c1-3-9(20-8(6-17)4-13-15-12)16-5-7(2)10(18)14-11(16)19/h5,8-9,17H,3-4,6H2,1-2H3,(H,14,18,19)/t8-,9+/m0/s1. The Kier molecular flexibility index (Phi) is 5.98. The van der Waals surface area contributed by atoms with Crippen LogP contribution in [0.4, 0.5) is 0 Å². The second-order valence-corrected chi connectivity index (χ2v) is 4.20. The maximum absolute atomic E-state index is 11.8. The second-order valence-electron chi connectivity index (χ2n) is 4.20. The highest BCUT2D eigenvalue weighted by Crippen LogP contribution is 2.13. The molecule has 0 aliphatic heterocycles. The average Bonchev–Trinajstić information content (AvgIpc) is 2.44. The SMILES string of the molecule is CC[C@@H](O[C@H](CO)CN=[N+]=[N-])n1cc(C)c(=O)[nH]c1=O. The minimum atomic E-state index is -0.713. The summed E-state index contributed by atoms with van der Waals surface area (Å²) in [5, 5.41) is 12.5. The summed E-state index contributed by atoms with van der Waals surface area (Å²) in [6, 6.07) is 0. The number of aromatic nitrogens is 2. The molecule has 110 valence electrons. The Labute approximate surface area is 114 Å². The van der Waals surface area contributed by atoms with Gasteiger partial charge in [-0.3, -0.25) is 14.3 Å². The van der Waals surface area contributed by atoms with Gasteiger partial charge >= 0.3 is 5.69 Å². The molecule has 2 N–H and O–H groups in total. The molecule has 0 saturated heterocycles. The number of aromatic amines is 1. The van der Waals surface area contributed by atoms with Crippen molar-refractivity contribution in [2.24, 2.45) is 5.11 Å². The third-order valence-corrected chi connectivity index (χ3v) is 2.71. The Hall–Kier alpha value is -2.09. The van der Waals surface area contributed by atoms with E-state index >= 15 is 0 Å². The van der Waals surface area contributed by atoms with Gasteiger partial charge in [-0.1, -0.05) is 12.0 Å². The fourth-order valence-electron chi connectivity index (χ4n) is 1.65. The third kappa shape index (κ3) is 3.95. The number of nitrogens with zero attached hydrogens (tertiary/aromatic N) is 4. The zero-order valence-electron chi connectivity index (χ0n) is 11.3. The first-order valence-corrected chi connectivity index (χ1v) is 6.12. The summed E-state index contributed by atoms with van der Waals surface area (Å²) in [7, 11) is 0. The van der Waals surface area contributed by atoms with Crippen molar-refractivity contribution in [1.29, 1.82) is 0 Å². The van der Waals surface area contributed by atoms with Crippen LogP contribution in [-0.2, 0) is 4.74 Å². The minimum Gasteiger partial charge on any atom is -0.394 e. The monoisotopic (exact) mass is 283 g/mol. The van der Waals surface area contributed by atoms with Gasteiger partial charge in [0.25, 0.3) is 5.56 Å². The summed E-state index contributed by atoms with van der Waals surface area (Å²) in [6.07, 6.45) is 0.467. The molecule has 1 aromatic rings.